The van der Waals surface area contributed by atoms with Gasteiger partial charge in [-0.05, 0) is 102 Å². The Hall–Kier alpha value is -8.21. The fourth-order valence-electron chi connectivity index (χ4n) is 9.01. The van der Waals surface area contributed by atoms with Gasteiger partial charge in [0.25, 0.3) is 0 Å². The summed E-state index contributed by atoms with van der Waals surface area (Å²) >= 11 is 0. The Bertz CT molecular complexity index is 3660. The van der Waals surface area contributed by atoms with Crippen LogP contribution in [0.15, 0.2) is 217 Å². The molecule has 0 amide bonds. The predicted molar refractivity (Wildman–Crippen MR) is 252 cm³/mol. The van der Waals surface area contributed by atoms with E-state index in [1.807, 2.05) is 18.2 Å². The second-order valence-corrected chi connectivity index (χ2v) is 15.5. The molecule has 0 bridgehead atoms. The van der Waals surface area contributed by atoms with E-state index in [-0.39, 0.29) is 0 Å². The molecule has 4 nitrogen and oxygen atoms in total. The van der Waals surface area contributed by atoms with Gasteiger partial charge in [0, 0.05) is 21.9 Å². The average molecular weight is 778 g/mol. The van der Waals surface area contributed by atoms with Gasteiger partial charge >= 0.3 is 0 Å². The summed E-state index contributed by atoms with van der Waals surface area (Å²) in [6.07, 6.45) is 0. The maximum absolute atomic E-state index is 6.57. The van der Waals surface area contributed by atoms with Crippen LogP contribution in [-0.4, -0.2) is 15.0 Å². The van der Waals surface area contributed by atoms with Crippen LogP contribution in [0.2, 0.25) is 0 Å². The lowest BCUT2D eigenvalue weighted by Crippen LogP contribution is -2.01. The van der Waals surface area contributed by atoms with Crippen molar-refractivity contribution in [2.45, 2.75) is 0 Å². The lowest BCUT2D eigenvalue weighted by molar-refractivity contribution is 0.669. The zero-order valence-electron chi connectivity index (χ0n) is 33.0. The minimum absolute atomic E-state index is 0.552. The van der Waals surface area contributed by atoms with Crippen LogP contribution in [-0.2, 0) is 0 Å². The van der Waals surface area contributed by atoms with Crippen molar-refractivity contribution in [3.63, 3.8) is 0 Å². The monoisotopic (exact) mass is 777 g/mol. The van der Waals surface area contributed by atoms with Crippen LogP contribution >= 0.6 is 0 Å². The highest BCUT2D eigenvalue weighted by molar-refractivity contribution is 6.10. The van der Waals surface area contributed by atoms with Crippen molar-refractivity contribution in [2.24, 2.45) is 0 Å². The van der Waals surface area contributed by atoms with Crippen molar-refractivity contribution in [3.8, 4) is 67.5 Å². The van der Waals surface area contributed by atoms with Crippen LogP contribution < -0.4 is 0 Å². The fourth-order valence-corrected chi connectivity index (χ4v) is 9.01. The van der Waals surface area contributed by atoms with Gasteiger partial charge in [-0.25, -0.2) is 15.0 Å². The average Bonchev–Trinajstić information content (AvgIpc) is 3.72. The van der Waals surface area contributed by atoms with Gasteiger partial charge in [0.1, 0.15) is 11.2 Å². The Morgan fingerprint density at radius 1 is 0.262 bits per heavy atom. The summed E-state index contributed by atoms with van der Waals surface area (Å²) in [5, 5.41) is 8.89. The molecule has 0 N–H and O–H groups in total. The van der Waals surface area contributed by atoms with Crippen LogP contribution in [0.3, 0.4) is 0 Å². The third kappa shape index (κ3) is 5.96. The first-order valence-electron chi connectivity index (χ1n) is 20.6. The second kappa shape index (κ2) is 14.3. The molecule has 0 spiro atoms. The molecule has 0 saturated heterocycles. The maximum atomic E-state index is 6.57. The van der Waals surface area contributed by atoms with Crippen LogP contribution in [0.1, 0.15) is 0 Å². The summed E-state index contributed by atoms with van der Waals surface area (Å²) in [5.74, 6) is 1.74. The molecule has 0 radical (unpaired) electrons. The third-order valence-electron chi connectivity index (χ3n) is 12.0. The minimum Gasteiger partial charge on any atom is -0.455 e. The number of para-hydroxylation sites is 2. The standard InChI is InChI=1S/C57H35N3O/c1-2-14-36(15-3-1)39-18-12-19-40(34-39)42-30-32-50(46-22-8-6-20-44(42)46)55-58-56(60-57(59-55)52-26-13-25-49-48-24-10-11-27-53(48)61-54(49)52)51-33-31-43(45-21-7-9-23-47(45)51)41-29-28-37-16-4-5-17-38(37)35-41/h1-35H. The molecule has 10 aromatic carbocycles. The third-order valence-corrected chi connectivity index (χ3v) is 12.0. The highest BCUT2D eigenvalue weighted by Gasteiger charge is 2.21. The SMILES string of the molecule is c1ccc(-c2cccc(-c3ccc(-c4nc(-c5ccc(-c6ccc7ccccc7c6)c6ccccc56)nc(-c5cccc6c5oc5ccccc56)n4)c4ccccc34)c2)cc1. The van der Waals surface area contributed by atoms with Crippen molar-refractivity contribution in [3.05, 3.63) is 212 Å². The molecule has 2 aromatic heterocycles. The van der Waals surface area contributed by atoms with E-state index in [0.29, 0.717) is 17.5 Å². The molecule has 12 aromatic rings. The van der Waals surface area contributed by atoms with Gasteiger partial charge in [0.15, 0.2) is 17.5 Å². The summed E-state index contributed by atoms with van der Waals surface area (Å²) in [5.41, 5.74) is 11.2. The van der Waals surface area contributed by atoms with Gasteiger partial charge in [-0.15, -0.1) is 0 Å². The number of nitrogens with zero attached hydrogens (tertiary/aromatic N) is 3. The molecule has 61 heavy (non-hydrogen) atoms. The zero-order chi connectivity index (χ0) is 40.3. The minimum atomic E-state index is 0.552. The van der Waals surface area contributed by atoms with Crippen molar-refractivity contribution in [1.29, 1.82) is 0 Å². The number of furan rings is 1. The Morgan fingerprint density at radius 3 is 1.43 bits per heavy atom. The molecule has 12 rings (SSSR count). The van der Waals surface area contributed by atoms with E-state index in [4.69, 9.17) is 19.4 Å². The fraction of sp³-hybridized carbons (Fsp3) is 0. The Morgan fingerprint density at radius 2 is 0.738 bits per heavy atom. The molecule has 4 heteroatoms. The quantitative estimate of drug-likeness (QED) is 0.169. The summed E-state index contributed by atoms with van der Waals surface area (Å²) < 4.78 is 6.57. The number of hydrogen-bond acceptors (Lipinski definition) is 4. The van der Waals surface area contributed by atoms with Crippen molar-refractivity contribution in [2.75, 3.05) is 0 Å². The molecule has 0 unspecified atom stereocenters. The molecule has 0 atom stereocenters. The van der Waals surface area contributed by atoms with E-state index in [1.165, 1.54) is 21.9 Å². The van der Waals surface area contributed by atoms with E-state index in [1.54, 1.807) is 0 Å². The Kier molecular flexibility index (Phi) is 8.13. The summed E-state index contributed by atoms with van der Waals surface area (Å²) in [6, 6.07) is 74.7. The van der Waals surface area contributed by atoms with Crippen LogP contribution in [0.25, 0.3) is 122 Å². The molecule has 0 aliphatic heterocycles. The number of aromatic nitrogens is 3. The normalized spacial score (nSPS) is 11.6. The van der Waals surface area contributed by atoms with Crippen LogP contribution in [0.4, 0.5) is 0 Å². The molecule has 0 saturated carbocycles. The van der Waals surface area contributed by atoms with E-state index >= 15 is 0 Å². The number of fused-ring (bicyclic) bond motifs is 6. The Balaban J connectivity index is 1.08. The molecule has 0 aliphatic rings. The van der Waals surface area contributed by atoms with E-state index in [9.17, 15) is 0 Å². The van der Waals surface area contributed by atoms with E-state index in [2.05, 4.69) is 194 Å². The first kappa shape index (κ1) is 34.8. The van der Waals surface area contributed by atoms with Crippen molar-refractivity contribution >= 4 is 54.3 Å². The first-order chi connectivity index (χ1) is 30.2. The van der Waals surface area contributed by atoms with Gasteiger partial charge < -0.3 is 4.42 Å². The topological polar surface area (TPSA) is 51.8 Å². The molecule has 284 valence electrons. The predicted octanol–water partition coefficient (Wildman–Crippen LogP) is 15.2. The van der Waals surface area contributed by atoms with E-state index < -0.39 is 0 Å². The molecular formula is C57H35N3O. The van der Waals surface area contributed by atoms with Crippen LogP contribution in [0, 0.1) is 0 Å². The second-order valence-electron chi connectivity index (χ2n) is 15.5. The van der Waals surface area contributed by atoms with Gasteiger partial charge in [-0.1, -0.05) is 176 Å². The van der Waals surface area contributed by atoms with E-state index in [0.717, 1.165) is 82.4 Å². The molecule has 0 aliphatic carbocycles. The number of rotatable bonds is 6. The van der Waals surface area contributed by atoms with Gasteiger partial charge in [0.05, 0.1) is 5.56 Å². The van der Waals surface area contributed by atoms with Crippen molar-refractivity contribution < 1.29 is 4.42 Å². The molecular weight excluding hydrogens is 743 g/mol. The largest absolute Gasteiger partial charge is 0.455 e. The smallest absolute Gasteiger partial charge is 0.167 e. The first-order valence-corrected chi connectivity index (χ1v) is 20.6. The summed E-state index contributed by atoms with van der Waals surface area (Å²) in [4.78, 5) is 16.0. The lowest BCUT2D eigenvalue weighted by atomic mass is 9.92. The van der Waals surface area contributed by atoms with Gasteiger partial charge in [0.2, 0.25) is 0 Å². The molecule has 2 heterocycles. The number of benzene rings is 10. The highest BCUT2D eigenvalue weighted by Crippen LogP contribution is 2.41. The van der Waals surface area contributed by atoms with Gasteiger partial charge in [-0.3, -0.25) is 0 Å². The maximum Gasteiger partial charge on any atom is 0.167 e. The highest BCUT2D eigenvalue weighted by atomic mass is 16.3. The van der Waals surface area contributed by atoms with Gasteiger partial charge in [-0.2, -0.15) is 0 Å². The summed E-state index contributed by atoms with van der Waals surface area (Å²) in [6.45, 7) is 0. The molecule has 0 fully saturated rings. The number of hydrogen-bond donors (Lipinski definition) is 0. The summed E-state index contributed by atoms with van der Waals surface area (Å²) in [7, 11) is 0. The zero-order valence-corrected chi connectivity index (χ0v) is 33.0. The lowest BCUT2D eigenvalue weighted by Gasteiger charge is -2.15. The van der Waals surface area contributed by atoms with Crippen molar-refractivity contribution in [1.82, 2.24) is 15.0 Å². The Labute approximate surface area is 352 Å². The van der Waals surface area contributed by atoms with Crippen LogP contribution in [0.5, 0.6) is 0 Å².